The number of hydrogen-bond acceptors (Lipinski definition) is 5. The number of rotatable bonds is 9. The highest BCUT2D eigenvalue weighted by molar-refractivity contribution is 7.89. The third-order valence-corrected chi connectivity index (χ3v) is 7.14. The van der Waals surface area contributed by atoms with E-state index in [1.165, 1.54) is 42.5 Å². The van der Waals surface area contributed by atoms with Gasteiger partial charge in [-0.15, -0.1) is 0 Å². The highest BCUT2D eigenvalue weighted by Crippen LogP contribution is 2.25. The van der Waals surface area contributed by atoms with E-state index in [2.05, 4.69) is 5.32 Å². The Morgan fingerprint density at radius 1 is 0.971 bits per heavy atom. The topological polar surface area (TPSA) is 92.8 Å². The Hall–Kier alpha value is -2.91. The lowest BCUT2D eigenvalue weighted by atomic mass is 10.2. The summed E-state index contributed by atoms with van der Waals surface area (Å²) in [5.74, 6) is -1.03. The number of hydrogen-bond donors (Lipinski definition) is 1. The second-order valence-corrected chi connectivity index (χ2v) is 9.95. The van der Waals surface area contributed by atoms with Crippen LogP contribution in [0.5, 0.6) is 0 Å². The summed E-state index contributed by atoms with van der Waals surface area (Å²) in [6.07, 6.45) is 0. The normalized spacial score (nSPS) is 11.3. The van der Waals surface area contributed by atoms with Crippen molar-refractivity contribution in [3.8, 4) is 0 Å². The van der Waals surface area contributed by atoms with Crippen LogP contribution in [0.4, 0.5) is 5.69 Å². The molecule has 0 aliphatic carbocycles. The van der Waals surface area contributed by atoms with E-state index in [1.54, 1.807) is 37.3 Å². The molecule has 0 fully saturated rings. The molecule has 0 spiro atoms. The number of amides is 1. The Morgan fingerprint density at radius 2 is 1.65 bits per heavy atom. The minimum atomic E-state index is -4.02. The van der Waals surface area contributed by atoms with Crippen molar-refractivity contribution >= 4 is 50.8 Å². The molecule has 0 bridgehead atoms. The SMILES string of the molecule is CCOC(=O)c1ccc(NC(=O)CN(Cc2ccc(Cl)cc2Cl)S(=O)(=O)c2ccccc2)cc1. The van der Waals surface area contributed by atoms with E-state index in [-0.39, 0.29) is 23.1 Å². The van der Waals surface area contributed by atoms with Crippen LogP contribution in [0, 0.1) is 0 Å². The van der Waals surface area contributed by atoms with E-state index < -0.39 is 28.4 Å². The zero-order valence-electron chi connectivity index (χ0n) is 18.2. The van der Waals surface area contributed by atoms with Crippen molar-refractivity contribution in [3.63, 3.8) is 0 Å². The average molecular weight is 521 g/mol. The summed E-state index contributed by atoms with van der Waals surface area (Å²) in [4.78, 5) is 24.6. The number of carbonyl (C=O) groups excluding carboxylic acids is 2. The summed E-state index contributed by atoms with van der Waals surface area (Å²) in [5, 5.41) is 3.35. The Morgan fingerprint density at radius 3 is 2.26 bits per heavy atom. The number of benzene rings is 3. The van der Waals surface area contributed by atoms with Gasteiger partial charge in [0.25, 0.3) is 0 Å². The Kier molecular flexibility index (Phi) is 8.68. The lowest BCUT2D eigenvalue weighted by molar-refractivity contribution is -0.116. The molecular weight excluding hydrogens is 499 g/mol. The van der Waals surface area contributed by atoms with E-state index >= 15 is 0 Å². The summed E-state index contributed by atoms with van der Waals surface area (Å²) in [5.41, 5.74) is 1.24. The lowest BCUT2D eigenvalue weighted by Gasteiger charge is -2.22. The van der Waals surface area contributed by atoms with Crippen molar-refractivity contribution in [2.24, 2.45) is 0 Å². The number of nitrogens with one attached hydrogen (secondary N) is 1. The third kappa shape index (κ3) is 6.57. The molecular formula is C24H22Cl2N2O5S. The van der Waals surface area contributed by atoms with E-state index in [9.17, 15) is 18.0 Å². The maximum atomic E-state index is 13.3. The molecule has 0 atom stereocenters. The Balaban J connectivity index is 1.82. The molecule has 178 valence electrons. The fourth-order valence-electron chi connectivity index (χ4n) is 3.07. The van der Waals surface area contributed by atoms with Crippen molar-refractivity contribution in [1.82, 2.24) is 4.31 Å². The molecule has 34 heavy (non-hydrogen) atoms. The number of carbonyl (C=O) groups is 2. The number of esters is 1. The molecule has 0 unspecified atom stereocenters. The van der Waals surface area contributed by atoms with Crippen molar-refractivity contribution in [2.75, 3.05) is 18.5 Å². The fraction of sp³-hybridized carbons (Fsp3) is 0.167. The van der Waals surface area contributed by atoms with Gasteiger partial charge in [-0.25, -0.2) is 13.2 Å². The maximum absolute atomic E-state index is 13.3. The minimum Gasteiger partial charge on any atom is -0.462 e. The molecule has 10 heteroatoms. The summed E-state index contributed by atoms with van der Waals surface area (Å²) in [6.45, 7) is 1.36. The first-order chi connectivity index (χ1) is 16.2. The molecule has 1 amide bonds. The average Bonchev–Trinajstić information content (AvgIpc) is 2.81. The molecule has 1 N–H and O–H groups in total. The number of nitrogens with zero attached hydrogens (tertiary/aromatic N) is 1. The predicted octanol–water partition coefficient (Wildman–Crippen LogP) is 5.00. The zero-order valence-corrected chi connectivity index (χ0v) is 20.5. The molecule has 0 saturated heterocycles. The molecule has 3 aromatic carbocycles. The van der Waals surface area contributed by atoms with Crippen LogP contribution in [0.15, 0.2) is 77.7 Å². The molecule has 0 aliphatic rings. The first-order valence-electron chi connectivity index (χ1n) is 10.3. The van der Waals surface area contributed by atoms with Gasteiger partial charge in [0.05, 0.1) is 23.6 Å². The van der Waals surface area contributed by atoms with E-state index in [4.69, 9.17) is 27.9 Å². The molecule has 0 aromatic heterocycles. The summed E-state index contributed by atoms with van der Waals surface area (Å²) in [7, 11) is -4.02. The van der Waals surface area contributed by atoms with Crippen molar-refractivity contribution in [1.29, 1.82) is 0 Å². The predicted molar refractivity (Wildman–Crippen MR) is 132 cm³/mol. The van der Waals surface area contributed by atoms with Gasteiger partial charge in [0.2, 0.25) is 15.9 Å². The molecule has 0 aliphatic heterocycles. The van der Waals surface area contributed by atoms with Crippen molar-refractivity contribution < 1.29 is 22.7 Å². The maximum Gasteiger partial charge on any atom is 0.338 e. The first kappa shape index (κ1) is 25.7. The molecule has 3 rings (SSSR count). The van der Waals surface area contributed by atoms with Crippen molar-refractivity contribution in [3.05, 3.63) is 94.0 Å². The number of anilines is 1. The van der Waals surface area contributed by atoms with Crippen LogP contribution in [0.25, 0.3) is 0 Å². The van der Waals surface area contributed by atoms with Crippen LogP contribution in [-0.4, -0.2) is 37.8 Å². The van der Waals surface area contributed by atoms with Crippen LogP contribution in [0.3, 0.4) is 0 Å². The second kappa shape index (κ2) is 11.5. The lowest BCUT2D eigenvalue weighted by Crippen LogP contribution is -2.37. The fourth-order valence-corrected chi connectivity index (χ4v) is 4.94. The number of halogens is 2. The molecule has 7 nitrogen and oxygen atoms in total. The van der Waals surface area contributed by atoms with Gasteiger partial charge in [-0.3, -0.25) is 4.79 Å². The van der Waals surface area contributed by atoms with E-state index in [0.717, 1.165) is 4.31 Å². The van der Waals surface area contributed by atoms with E-state index in [0.29, 0.717) is 21.8 Å². The van der Waals surface area contributed by atoms with Gasteiger partial charge in [0.15, 0.2) is 0 Å². The van der Waals surface area contributed by atoms with Gasteiger partial charge >= 0.3 is 5.97 Å². The summed E-state index contributed by atoms with van der Waals surface area (Å²) < 4.78 is 32.6. The minimum absolute atomic E-state index is 0.0478. The van der Waals surface area contributed by atoms with E-state index in [1.807, 2.05) is 0 Å². The molecule has 0 saturated carbocycles. The molecule has 0 heterocycles. The summed E-state index contributed by atoms with van der Waals surface area (Å²) in [6, 6.07) is 18.6. The monoisotopic (exact) mass is 520 g/mol. The summed E-state index contributed by atoms with van der Waals surface area (Å²) >= 11 is 12.2. The van der Waals surface area contributed by atoms with Gasteiger partial charge in [0, 0.05) is 22.3 Å². The second-order valence-electron chi connectivity index (χ2n) is 7.17. The van der Waals surface area contributed by atoms with Gasteiger partial charge in [-0.1, -0.05) is 47.5 Å². The third-order valence-electron chi connectivity index (χ3n) is 4.74. The van der Waals surface area contributed by atoms with Crippen LogP contribution in [-0.2, 0) is 26.1 Å². The Labute approximate surface area is 208 Å². The first-order valence-corrected chi connectivity index (χ1v) is 12.5. The molecule has 3 aromatic rings. The van der Waals surface area contributed by atoms with Crippen LogP contribution < -0.4 is 5.32 Å². The number of sulfonamides is 1. The van der Waals surface area contributed by atoms with Gasteiger partial charge < -0.3 is 10.1 Å². The van der Waals surface area contributed by atoms with Crippen LogP contribution >= 0.6 is 23.2 Å². The Bertz CT molecular complexity index is 1270. The highest BCUT2D eigenvalue weighted by atomic mass is 35.5. The van der Waals surface area contributed by atoms with Gasteiger partial charge in [-0.05, 0) is 61.0 Å². The molecule has 0 radical (unpaired) electrons. The smallest absolute Gasteiger partial charge is 0.338 e. The number of ether oxygens (including phenoxy) is 1. The van der Waals surface area contributed by atoms with Gasteiger partial charge in [-0.2, -0.15) is 4.31 Å². The standard InChI is InChI=1S/C24H22Cl2N2O5S/c1-2-33-24(30)17-9-12-20(13-10-17)27-23(29)16-28(15-18-8-11-19(25)14-22(18)26)34(31,32)21-6-4-3-5-7-21/h3-14H,2,15-16H2,1H3,(H,27,29). The van der Waals surface area contributed by atoms with Crippen LogP contribution in [0.1, 0.15) is 22.8 Å². The zero-order chi connectivity index (χ0) is 24.7. The quantitative estimate of drug-likeness (QED) is 0.400. The largest absolute Gasteiger partial charge is 0.462 e. The van der Waals surface area contributed by atoms with Gasteiger partial charge in [0.1, 0.15) is 0 Å². The van der Waals surface area contributed by atoms with Crippen molar-refractivity contribution in [2.45, 2.75) is 18.4 Å². The van der Waals surface area contributed by atoms with Crippen LogP contribution in [0.2, 0.25) is 10.0 Å². The highest BCUT2D eigenvalue weighted by Gasteiger charge is 2.27.